The van der Waals surface area contributed by atoms with Crippen LogP contribution in [-0.2, 0) is 16.1 Å². The Labute approximate surface area is 169 Å². The van der Waals surface area contributed by atoms with Crippen LogP contribution in [0.25, 0.3) is 0 Å². The molecule has 3 unspecified atom stereocenters. The Morgan fingerprint density at radius 1 is 1.18 bits per heavy atom. The average molecular weight is 393 g/mol. The lowest BCUT2D eigenvalue weighted by atomic mass is 9.98. The minimum Gasteiger partial charge on any atom is -0.493 e. The van der Waals surface area contributed by atoms with Gasteiger partial charge < -0.3 is 19.1 Å². The largest absolute Gasteiger partial charge is 0.493 e. The zero-order valence-corrected chi connectivity index (χ0v) is 18.4. The van der Waals surface area contributed by atoms with Gasteiger partial charge in [-0.05, 0) is 44.4 Å². The number of ether oxygens (including phenoxy) is 3. The summed E-state index contributed by atoms with van der Waals surface area (Å²) in [6.45, 7) is 13.2. The molecule has 1 saturated heterocycles. The fourth-order valence-electron chi connectivity index (χ4n) is 4.04. The Kier molecular flexibility index (Phi) is 8.13. The van der Waals surface area contributed by atoms with Crippen molar-refractivity contribution in [1.29, 1.82) is 0 Å². The third kappa shape index (κ3) is 5.39. The quantitative estimate of drug-likeness (QED) is 0.680. The number of hydrogen-bond acceptors (Lipinski definition) is 5. The summed E-state index contributed by atoms with van der Waals surface area (Å²) < 4.78 is 16.6. The third-order valence-corrected chi connectivity index (χ3v) is 5.24. The van der Waals surface area contributed by atoms with E-state index < -0.39 is 0 Å². The molecule has 0 bridgehead atoms. The fourth-order valence-corrected chi connectivity index (χ4v) is 4.04. The SMILES string of the molecule is CCN(Cc1ccc(OC)c(OC)c1)C(=O)C(C(C)C)N1CC(C)OC(C)C1. The van der Waals surface area contributed by atoms with E-state index in [1.165, 1.54) is 0 Å². The molecule has 1 aliphatic heterocycles. The zero-order chi connectivity index (χ0) is 20.8. The van der Waals surface area contributed by atoms with Gasteiger partial charge in [0.1, 0.15) is 0 Å². The molecular formula is C22H36N2O4. The second kappa shape index (κ2) is 10.1. The molecule has 1 aromatic carbocycles. The minimum atomic E-state index is -0.145. The predicted octanol–water partition coefficient (Wildman–Crippen LogP) is 3.19. The first-order valence-electron chi connectivity index (χ1n) is 10.2. The highest BCUT2D eigenvalue weighted by Gasteiger charge is 2.36. The number of carbonyl (C=O) groups excluding carboxylic acids is 1. The Morgan fingerprint density at radius 2 is 1.79 bits per heavy atom. The van der Waals surface area contributed by atoms with Crippen molar-refractivity contribution in [2.75, 3.05) is 33.9 Å². The number of hydrogen-bond donors (Lipinski definition) is 0. The van der Waals surface area contributed by atoms with Gasteiger partial charge in [-0.2, -0.15) is 0 Å². The number of benzene rings is 1. The van der Waals surface area contributed by atoms with Gasteiger partial charge in [0.05, 0.1) is 32.5 Å². The maximum Gasteiger partial charge on any atom is 0.240 e. The summed E-state index contributed by atoms with van der Waals surface area (Å²) in [7, 11) is 3.25. The molecule has 6 nitrogen and oxygen atoms in total. The van der Waals surface area contributed by atoms with E-state index in [1.807, 2.05) is 30.0 Å². The Balaban J connectivity index is 2.19. The Morgan fingerprint density at radius 3 is 2.29 bits per heavy atom. The molecule has 0 saturated carbocycles. The molecule has 0 aromatic heterocycles. The molecule has 1 amide bonds. The molecule has 1 fully saturated rings. The Bertz CT molecular complexity index is 639. The lowest BCUT2D eigenvalue weighted by Gasteiger charge is -2.42. The first kappa shape index (κ1) is 22.5. The van der Waals surface area contributed by atoms with E-state index >= 15 is 0 Å². The fraction of sp³-hybridized carbons (Fsp3) is 0.682. The lowest BCUT2D eigenvalue weighted by molar-refractivity contribution is -0.145. The minimum absolute atomic E-state index is 0.138. The van der Waals surface area contributed by atoms with Crippen LogP contribution in [0, 0.1) is 5.92 Å². The number of morpholine rings is 1. The second-order valence-corrected chi connectivity index (χ2v) is 7.94. The van der Waals surface area contributed by atoms with Gasteiger partial charge in [0.25, 0.3) is 0 Å². The summed E-state index contributed by atoms with van der Waals surface area (Å²) in [4.78, 5) is 17.7. The molecule has 6 heteroatoms. The van der Waals surface area contributed by atoms with Crippen LogP contribution in [0.3, 0.4) is 0 Å². The highest BCUT2D eigenvalue weighted by Crippen LogP contribution is 2.28. The van der Waals surface area contributed by atoms with Gasteiger partial charge in [-0.3, -0.25) is 9.69 Å². The number of likely N-dealkylation sites (N-methyl/N-ethyl adjacent to an activating group) is 1. The van der Waals surface area contributed by atoms with Crippen LogP contribution in [0.2, 0.25) is 0 Å². The Hall–Kier alpha value is -1.79. The summed E-state index contributed by atoms with van der Waals surface area (Å²) in [5.41, 5.74) is 1.03. The predicted molar refractivity (Wildman–Crippen MR) is 111 cm³/mol. The van der Waals surface area contributed by atoms with Crippen molar-refractivity contribution in [3.05, 3.63) is 23.8 Å². The molecular weight excluding hydrogens is 356 g/mol. The van der Waals surface area contributed by atoms with Crippen LogP contribution in [0.5, 0.6) is 11.5 Å². The third-order valence-electron chi connectivity index (χ3n) is 5.24. The van der Waals surface area contributed by atoms with E-state index in [-0.39, 0.29) is 30.1 Å². The van der Waals surface area contributed by atoms with Crippen molar-refractivity contribution in [2.24, 2.45) is 5.92 Å². The molecule has 1 aromatic rings. The molecule has 1 aliphatic rings. The van der Waals surface area contributed by atoms with Gasteiger partial charge >= 0.3 is 0 Å². The molecule has 158 valence electrons. The van der Waals surface area contributed by atoms with E-state index in [2.05, 4.69) is 32.6 Å². The van der Waals surface area contributed by atoms with Crippen molar-refractivity contribution >= 4 is 5.91 Å². The number of nitrogens with zero attached hydrogens (tertiary/aromatic N) is 2. The number of carbonyl (C=O) groups is 1. The van der Waals surface area contributed by atoms with Crippen molar-refractivity contribution in [2.45, 2.75) is 59.4 Å². The molecule has 2 rings (SSSR count). The van der Waals surface area contributed by atoms with E-state index in [1.54, 1.807) is 14.2 Å². The van der Waals surface area contributed by atoms with Gasteiger partial charge in [-0.25, -0.2) is 0 Å². The number of methoxy groups -OCH3 is 2. The zero-order valence-electron chi connectivity index (χ0n) is 18.4. The van der Waals surface area contributed by atoms with Gasteiger partial charge in [-0.1, -0.05) is 19.9 Å². The highest BCUT2D eigenvalue weighted by atomic mass is 16.5. The van der Waals surface area contributed by atoms with Crippen molar-refractivity contribution < 1.29 is 19.0 Å². The topological polar surface area (TPSA) is 51.2 Å². The van der Waals surface area contributed by atoms with Crippen LogP contribution < -0.4 is 9.47 Å². The van der Waals surface area contributed by atoms with E-state index in [9.17, 15) is 4.79 Å². The van der Waals surface area contributed by atoms with Crippen molar-refractivity contribution in [1.82, 2.24) is 9.80 Å². The molecule has 0 radical (unpaired) electrons. The summed E-state index contributed by atoms with van der Waals surface area (Å²) >= 11 is 0. The van der Waals surface area contributed by atoms with E-state index in [4.69, 9.17) is 14.2 Å². The maximum atomic E-state index is 13.5. The lowest BCUT2D eigenvalue weighted by Crippen LogP contribution is -2.57. The first-order chi connectivity index (χ1) is 13.3. The highest BCUT2D eigenvalue weighted by molar-refractivity contribution is 5.82. The summed E-state index contributed by atoms with van der Waals surface area (Å²) in [6, 6.07) is 5.67. The molecule has 0 spiro atoms. The van der Waals surface area contributed by atoms with Gasteiger partial charge in [-0.15, -0.1) is 0 Å². The van der Waals surface area contributed by atoms with Crippen LogP contribution in [0.4, 0.5) is 0 Å². The second-order valence-electron chi connectivity index (χ2n) is 7.94. The van der Waals surface area contributed by atoms with Crippen molar-refractivity contribution in [3.8, 4) is 11.5 Å². The van der Waals surface area contributed by atoms with Crippen LogP contribution in [0.15, 0.2) is 18.2 Å². The van der Waals surface area contributed by atoms with E-state index in [0.717, 1.165) is 18.7 Å². The normalized spacial score (nSPS) is 21.4. The summed E-state index contributed by atoms with van der Waals surface area (Å²) in [5, 5.41) is 0. The molecule has 0 aliphatic carbocycles. The monoisotopic (exact) mass is 392 g/mol. The number of rotatable bonds is 8. The van der Waals surface area contributed by atoms with Gasteiger partial charge in [0, 0.05) is 26.2 Å². The average Bonchev–Trinajstić information content (AvgIpc) is 2.64. The van der Waals surface area contributed by atoms with Crippen LogP contribution in [-0.4, -0.2) is 67.8 Å². The van der Waals surface area contributed by atoms with Crippen LogP contribution in [0.1, 0.15) is 40.2 Å². The molecule has 0 N–H and O–H groups in total. The maximum absolute atomic E-state index is 13.5. The van der Waals surface area contributed by atoms with Crippen molar-refractivity contribution in [3.63, 3.8) is 0 Å². The van der Waals surface area contributed by atoms with Crippen LogP contribution >= 0.6 is 0 Å². The first-order valence-corrected chi connectivity index (χ1v) is 10.2. The summed E-state index contributed by atoms with van der Waals surface area (Å²) in [6.07, 6.45) is 0.275. The van der Waals surface area contributed by atoms with E-state index in [0.29, 0.717) is 24.6 Å². The molecule has 3 atom stereocenters. The number of amides is 1. The standard InChI is InChI=1S/C22H36N2O4/c1-8-23(14-18-9-10-19(26-6)20(11-18)27-7)22(25)21(15(2)3)24-12-16(4)28-17(5)13-24/h9-11,15-17,21H,8,12-14H2,1-7H3. The van der Waals surface area contributed by atoms with Gasteiger partial charge in [0.15, 0.2) is 11.5 Å². The smallest absolute Gasteiger partial charge is 0.240 e. The molecule has 1 heterocycles. The van der Waals surface area contributed by atoms with Gasteiger partial charge in [0.2, 0.25) is 5.91 Å². The molecule has 28 heavy (non-hydrogen) atoms. The summed E-state index contributed by atoms with van der Waals surface area (Å²) in [5.74, 6) is 1.77.